The number of rotatable bonds is 4. The van der Waals surface area contributed by atoms with Crippen molar-refractivity contribution in [2.45, 2.75) is 38.1 Å². The summed E-state index contributed by atoms with van der Waals surface area (Å²) < 4.78 is 14.3. The molecule has 114 valence electrons. The van der Waals surface area contributed by atoms with Gasteiger partial charge in [-0.15, -0.1) is 0 Å². The lowest BCUT2D eigenvalue weighted by Crippen LogP contribution is -2.49. The second kappa shape index (κ2) is 7.31. The summed E-state index contributed by atoms with van der Waals surface area (Å²) in [6, 6.07) is 4.06. The summed E-state index contributed by atoms with van der Waals surface area (Å²) in [4.78, 5) is 12.6. The third kappa shape index (κ3) is 4.01. The minimum absolute atomic E-state index is 0.00504. The number of nitrogens with two attached hydrogens (primary N) is 1. The second-order valence-electron chi connectivity index (χ2n) is 5.35. The first kappa shape index (κ1) is 16.4. The van der Waals surface area contributed by atoms with Gasteiger partial charge in [0, 0.05) is 4.47 Å². The van der Waals surface area contributed by atoms with Crippen molar-refractivity contribution in [3.8, 4) is 0 Å². The zero-order valence-electron chi connectivity index (χ0n) is 11.6. The number of carbonyl (C=O) groups excluding carboxylic acids is 1. The lowest BCUT2D eigenvalue weighted by atomic mass is 9.83. The molecule has 0 bridgehead atoms. The van der Waals surface area contributed by atoms with Crippen LogP contribution in [0.2, 0.25) is 0 Å². The number of hydrogen-bond acceptors (Lipinski definition) is 2. The molecule has 0 spiro atoms. The molecule has 2 rings (SSSR count). The van der Waals surface area contributed by atoms with Crippen LogP contribution in [0.4, 0.5) is 4.39 Å². The van der Waals surface area contributed by atoms with Crippen molar-refractivity contribution in [2.75, 3.05) is 0 Å². The normalized spacial score (nSPS) is 17.2. The molecular weight excluding hydrogens is 355 g/mol. The topological polar surface area (TPSA) is 55.1 Å². The molecule has 6 heteroatoms. The molecule has 3 N–H and O–H groups in total. The molecule has 1 atom stereocenters. The van der Waals surface area contributed by atoms with Gasteiger partial charge in [0.25, 0.3) is 5.91 Å². The SMILES string of the molecule is NC(=S)C(NC(=O)c1c(F)cccc1Br)C1CCCCC1. The fourth-order valence-corrected chi connectivity index (χ4v) is 3.59. The Morgan fingerprint density at radius 1 is 1.38 bits per heavy atom. The molecule has 1 aliphatic carbocycles. The first-order valence-electron chi connectivity index (χ1n) is 7.05. The van der Waals surface area contributed by atoms with Crippen LogP contribution < -0.4 is 11.1 Å². The van der Waals surface area contributed by atoms with Crippen molar-refractivity contribution >= 4 is 39.0 Å². The summed E-state index contributed by atoms with van der Waals surface area (Å²) in [5.74, 6) is -0.804. The Morgan fingerprint density at radius 2 is 2.05 bits per heavy atom. The molecule has 0 saturated heterocycles. The van der Waals surface area contributed by atoms with Crippen molar-refractivity contribution < 1.29 is 9.18 Å². The predicted octanol–water partition coefficient (Wildman–Crippen LogP) is 3.55. The highest BCUT2D eigenvalue weighted by Crippen LogP contribution is 2.27. The molecule has 0 radical (unpaired) electrons. The van der Waals surface area contributed by atoms with E-state index in [2.05, 4.69) is 21.2 Å². The molecule has 1 saturated carbocycles. The minimum Gasteiger partial charge on any atom is -0.392 e. The van der Waals surface area contributed by atoms with Crippen molar-refractivity contribution in [3.05, 3.63) is 34.1 Å². The fourth-order valence-electron chi connectivity index (χ4n) is 2.82. The summed E-state index contributed by atoms with van der Waals surface area (Å²) in [6.07, 6.45) is 5.40. The van der Waals surface area contributed by atoms with E-state index in [0.717, 1.165) is 25.7 Å². The number of thiocarbonyl (C=S) groups is 1. The van der Waals surface area contributed by atoms with Crippen molar-refractivity contribution in [1.82, 2.24) is 5.32 Å². The average molecular weight is 373 g/mol. The summed E-state index contributed by atoms with van der Waals surface area (Å²) in [6.45, 7) is 0. The van der Waals surface area contributed by atoms with E-state index < -0.39 is 11.7 Å². The summed E-state index contributed by atoms with van der Waals surface area (Å²) in [5, 5.41) is 2.81. The van der Waals surface area contributed by atoms with E-state index in [1.165, 1.54) is 12.5 Å². The molecule has 0 aliphatic heterocycles. The first-order chi connectivity index (χ1) is 10.0. The van der Waals surface area contributed by atoms with Crippen LogP contribution in [0.5, 0.6) is 0 Å². The predicted molar refractivity (Wildman–Crippen MR) is 88.7 cm³/mol. The Hall–Kier alpha value is -1.01. The van der Waals surface area contributed by atoms with E-state index in [4.69, 9.17) is 18.0 Å². The van der Waals surface area contributed by atoms with Gasteiger partial charge in [-0.1, -0.05) is 37.5 Å². The van der Waals surface area contributed by atoms with Crippen molar-refractivity contribution in [2.24, 2.45) is 11.7 Å². The molecule has 1 amide bonds. The maximum Gasteiger partial charge on any atom is 0.255 e. The molecule has 21 heavy (non-hydrogen) atoms. The number of halogens is 2. The number of nitrogens with one attached hydrogen (secondary N) is 1. The van der Waals surface area contributed by atoms with Gasteiger partial charge in [-0.25, -0.2) is 4.39 Å². The number of carbonyl (C=O) groups is 1. The zero-order chi connectivity index (χ0) is 15.4. The first-order valence-corrected chi connectivity index (χ1v) is 8.25. The maximum atomic E-state index is 13.8. The molecule has 1 aliphatic rings. The highest BCUT2D eigenvalue weighted by Gasteiger charge is 2.28. The third-order valence-corrected chi connectivity index (χ3v) is 4.82. The summed E-state index contributed by atoms with van der Waals surface area (Å²) in [7, 11) is 0. The number of hydrogen-bond donors (Lipinski definition) is 2. The molecule has 0 aromatic heterocycles. The van der Waals surface area contributed by atoms with Crippen LogP contribution in [-0.4, -0.2) is 16.9 Å². The van der Waals surface area contributed by atoms with Gasteiger partial charge in [0.1, 0.15) is 5.82 Å². The molecular formula is C15H18BrFN2OS. The largest absolute Gasteiger partial charge is 0.392 e. The van der Waals surface area contributed by atoms with Crippen LogP contribution >= 0.6 is 28.1 Å². The Bertz CT molecular complexity index is 526. The zero-order valence-corrected chi connectivity index (χ0v) is 14.0. The van der Waals surface area contributed by atoms with Gasteiger partial charge < -0.3 is 11.1 Å². The lowest BCUT2D eigenvalue weighted by molar-refractivity contribution is 0.0927. The maximum absolute atomic E-state index is 13.8. The van der Waals surface area contributed by atoms with E-state index in [9.17, 15) is 9.18 Å². The smallest absolute Gasteiger partial charge is 0.255 e. The quantitative estimate of drug-likeness (QED) is 0.794. The van der Waals surface area contributed by atoms with Gasteiger partial charge in [-0.2, -0.15) is 0 Å². The van der Waals surface area contributed by atoms with E-state index in [-0.39, 0.29) is 22.5 Å². The molecule has 3 nitrogen and oxygen atoms in total. The van der Waals surface area contributed by atoms with E-state index >= 15 is 0 Å². The summed E-state index contributed by atoms with van der Waals surface area (Å²) >= 11 is 8.30. The molecule has 1 unspecified atom stereocenters. The Labute approximate surface area is 137 Å². The standard InChI is InChI=1S/C15H18BrFN2OS/c16-10-7-4-8-11(17)12(10)15(20)19-13(14(18)21)9-5-2-1-3-6-9/h4,7-9,13H,1-3,5-6H2,(H2,18,21)(H,19,20). The Balaban J connectivity index is 2.16. The monoisotopic (exact) mass is 372 g/mol. The minimum atomic E-state index is -0.563. The second-order valence-corrected chi connectivity index (χ2v) is 6.67. The number of benzene rings is 1. The van der Waals surface area contributed by atoms with Gasteiger partial charge in [0.2, 0.25) is 0 Å². The number of amides is 1. The van der Waals surface area contributed by atoms with Crippen LogP contribution in [0.25, 0.3) is 0 Å². The fraction of sp³-hybridized carbons (Fsp3) is 0.467. The van der Waals surface area contributed by atoms with Gasteiger partial charge in [0.15, 0.2) is 0 Å². The van der Waals surface area contributed by atoms with Crippen LogP contribution in [-0.2, 0) is 0 Å². The van der Waals surface area contributed by atoms with Gasteiger partial charge in [-0.3, -0.25) is 4.79 Å². The highest BCUT2D eigenvalue weighted by molar-refractivity contribution is 9.10. The third-order valence-electron chi connectivity index (χ3n) is 3.90. The Kier molecular flexibility index (Phi) is 5.70. The molecule has 1 fully saturated rings. The van der Waals surface area contributed by atoms with Gasteiger partial charge >= 0.3 is 0 Å². The highest BCUT2D eigenvalue weighted by atomic mass is 79.9. The molecule has 1 aromatic carbocycles. The van der Waals surface area contributed by atoms with Crippen molar-refractivity contribution in [1.29, 1.82) is 0 Å². The average Bonchev–Trinajstić information content (AvgIpc) is 2.45. The Morgan fingerprint density at radius 3 is 2.62 bits per heavy atom. The van der Waals surface area contributed by atoms with Crippen LogP contribution in [0.1, 0.15) is 42.5 Å². The van der Waals surface area contributed by atoms with Gasteiger partial charge in [-0.05, 0) is 46.8 Å². The van der Waals surface area contributed by atoms with Crippen molar-refractivity contribution in [3.63, 3.8) is 0 Å². The van der Waals surface area contributed by atoms with Crippen LogP contribution in [0.3, 0.4) is 0 Å². The molecule has 1 aromatic rings. The van der Waals surface area contributed by atoms with Crippen LogP contribution in [0, 0.1) is 11.7 Å². The lowest BCUT2D eigenvalue weighted by Gasteiger charge is -2.30. The molecule has 0 heterocycles. The summed E-state index contributed by atoms with van der Waals surface area (Å²) in [5.41, 5.74) is 5.78. The van der Waals surface area contributed by atoms with E-state index in [0.29, 0.717) is 4.47 Å². The van der Waals surface area contributed by atoms with Gasteiger partial charge in [0.05, 0.1) is 16.6 Å². The van der Waals surface area contributed by atoms with E-state index in [1.54, 1.807) is 12.1 Å². The van der Waals surface area contributed by atoms with Crippen LogP contribution in [0.15, 0.2) is 22.7 Å². The van der Waals surface area contributed by atoms with E-state index in [1.807, 2.05) is 0 Å².